The van der Waals surface area contributed by atoms with Crippen LogP contribution in [0.15, 0.2) is 12.2 Å². The second-order valence-corrected chi connectivity index (χ2v) is 3.58. The quantitative estimate of drug-likeness (QED) is 0.482. The highest BCUT2D eigenvalue weighted by molar-refractivity contribution is 5.07. The minimum atomic E-state index is -1.16. The molecule has 1 rings (SSSR count). The van der Waals surface area contributed by atoms with Gasteiger partial charge in [0.1, 0.15) is 24.4 Å². The first-order valence-corrected chi connectivity index (χ1v) is 4.30. The molecule has 1 heterocycles. The first kappa shape index (κ1) is 10.7. The van der Waals surface area contributed by atoms with E-state index in [9.17, 15) is 15.3 Å². The molecule has 3 N–H and O–H groups in total. The number of ether oxygens (including phenoxy) is 1. The maximum absolute atomic E-state index is 9.50. The normalized spacial score (nSPS) is 46.1. The molecule has 0 aromatic heterocycles. The van der Waals surface area contributed by atoms with Crippen molar-refractivity contribution >= 4 is 0 Å². The first-order valence-electron chi connectivity index (χ1n) is 4.30. The van der Waals surface area contributed by atoms with E-state index in [-0.39, 0.29) is 0 Å². The summed E-state index contributed by atoms with van der Waals surface area (Å²) in [5.74, 6) is 0. The van der Waals surface area contributed by atoms with Gasteiger partial charge in [-0.05, 0) is 19.4 Å². The fourth-order valence-electron chi connectivity index (χ4n) is 1.46. The van der Waals surface area contributed by atoms with E-state index in [0.717, 1.165) is 0 Å². The van der Waals surface area contributed by atoms with E-state index in [0.29, 0.717) is 5.57 Å². The van der Waals surface area contributed by atoms with Gasteiger partial charge >= 0.3 is 0 Å². The highest BCUT2D eigenvalue weighted by Crippen LogP contribution is 2.24. The van der Waals surface area contributed by atoms with E-state index >= 15 is 0 Å². The first-order chi connectivity index (χ1) is 5.95. The Labute approximate surface area is 77.5 Å². The number of rotatable bonds is 1. The Morgan fingerprint density at radius 3 is 2.15 bits per heavy atom. The molecule has 0 amide bonds. The molecule has 1 aliphatic rings. The Morgan fingerprint density at radius 2 is 1.69 bits per heavy atom. The smallest absolute Gasteiger partial charge is 0.112 e. The summed E-state index contributed by atoms with van der Waals surface area (Å²) in [6.07, 6.45) is -4.37. The number of hydrogen-bond acceptors (Lipinski definition) is 4. The van der Waals surface area contributed by atoms with Crippen molar-refractivity contribution in [3.63, 3.8) is 0 Å². The highest BCUT2D eigenvalue weighted by Gasteiger charge is 2.41. The van der Waals surface area contributed by atoms with Crippen molar-refractivity contribution in [1.29, 1.82) is 0 Å². The van der Waals surface area contributed by atoms with Crippen molar-refractivity contribution in [2.45, 2.75) is 44.4 Å². The summed E-state index contributed by atoms with van der Waals surface area (Å²) in [6, 6.07) is 0. The SMILES string of the molecule is C=C(C)C1OC(C)C(O)C(O)C1O. The molecule has 13 heavy (non-hydrogen) atoms. The van der Waals surface area contributed by atoms with Crippen molar-refractivity contribution in [3.05, 3.63) is 12.2 Å². The minimum Gasteiger partial charge on any atom is -0.388 e. The monoisotopic (exact) mass is 188 g/mol. The molecule has 5 atom stereocenters. The maximum atomic E-state index is 9.50. The Morgan fingerprint density at radius 1 is 1.15 bits per heavy atom. The largest absolute Gasteiger partial charge is 0.388 e. The van der Waals surface area contributed by atoms with Gasteiger partial charge in [-0.3, -0.25) is 0 Å². The van der Waals surface area contributed by atoms with Crippen LogP contribution in [-0.4, -0.2) is 45.8 Å². The van der Waals surface area contributed by atoms with Gasteiger partial charge in [-0.15, -0.1) is 0 Å². The molecule has 1 fully saturated rings. The zero-order valence-electron chi connectivity index (χ0n) is 7.84. The lowest BCUT2D eigenvalue weighted by atomic mass is 9.93. The van der Waals surface area contributed by atoms with Crippen molar-refractivity contribution < 1.29 is 20.1 Å². The average Bonchev–Trinajstić information content (AvgIpc) is 2.07. The van der Waals surface area contributed by atoms with Crippen LogP contribution in [0.5, 0.6) is 0 Å². The lowest BCUT2D eigenvalue weighted by Gasteiger charge is -2.39. The second-order valence-electron chi connectivity index (χ2n) is 3.58. The maximum Gasteiger partial charge on any atom is 0.112 e. The van der Waals surface area contributed by atoms with Crippen LogP contribution >= 0.6 is 0 Å². The zero-order valence-corrected chi connectivity index (χ0v) is 7.84. The Balaban J connectivity index is 2.76. The average molecular weight is 188 g/mol. The van der Waals surface area contributed by atoms with Crippen molar-refractivity contribution in [1.82, 2.24) is 0 Å². The van der Waals surface area contributed by atoms with E-state index in [1.807, 2.05) is 0 Å². The molecule has 1 saturated heterocycles. The van der Waals surface area contributed by atoms with E-state index in [4.69, 9.17) is 4.74 Å². The summed E-state index contributed by atoms with van der Waals surface area (Å²) in [6.45, 7) is 7.01. The van der Waals surface area contributed by atoms with E-state index in [1.54, 1.807) is 13.8 Å². The van der Waals surface area contributed by atoms with Gasteiger partial charge in [0.05, 0.1) is 6.10 Å². The fourth-order valence-corrected chi connectivity index (χ4v) is 1.46. The van der Waals surface area contributed by atoms with Crippen LogP contribution in [-0.2, 0) is 4.74 Å². The lowest BCUT2D eigenvalue weighted by molar-refractivity contribution is -0.206. The molecular formula is C9H16O4. The molecule has 0 radical (unpaired) electrons. The van der Waals surface area contributed by atoms with Gasteiger partial charge in [-0.2, -0.15) is 0 Å². The summed E-state index contributed by atoms with van der Waals surface area (Å²) in [5.41, 5.74) is 0.644. The van der Waals surface area contributed by atoms with Gasteiger partial charge in [0.2, 0.25) is 0 Å². The molecule has 1 aliphatic heterocycles. The van der Waals surface area contributed by atoms with Crippen molar-refractivity contribution in [2.24, 2.45) is 0 Å². The third-order valence-electron chi connectivity index (χ3n) is 2.34. The number of aliphatic hydroxyl groups is 3. The van der Waals surface area contributed by atoms with Crippen molar-refractivity contribution in [2.75, 3.05) is 0 Å². The summed E-state index contributed by atoms with van der Waals surface area (Å²) < 4.78 is 5.28. The molecule has 0 aromatic rings. The van der Waals surface area contributed by atoms with Crippen LogP contribution in [0.3, 0.4) is 0 Å². The Hall–Kier alpha value is -0.420. The number of hydrogen-bond donors (Lipinski definition) is 3. The molecular weight excluding hydrogens is 172 g/mol. The predicted octanol–water partition coefficient (Wildman–Crippen LogP) is -0.567. The van der Waals surface area contributed by atoms with E-state index in [2.05, 4.69) is 6.58 Å². The van der Waals surface area contributed by atoms with Gasteiger partial charge in [-0.1, -0.05) is 6.58 Å². The second kappa shape index (κ2) is 3.75. The molecule has 0 spiro atoms. The third kappa shape index (κ3) is 1.91. The minimum absolute atomic E-state index is 0.486. The highest BCUT2D eigenvalue weighted by atomic mass is 16.5. The summed E-state index contributed by atoms with van der Waals surface area (Å²) in [5, 5.41) is 28.3. The predicted molar refractivity (Wildman–Crippen MR) is 47.2 cm³/mol. The van der Waals surface area contributed by atoms with Crippen molar-refractivity contribution in [3.8, 4) is 0 Å². The van der Waals surface area contributed by atoms with Crippen LogP contribution in [0.1, 0.15) is 13.8 Å². The standard InChI is InChI=1S/C9H16O4/c1-4(2)9-8(12)7(11)6(10)5(3)13-9/h5-12H,1H2,2-3H3. The third-order valence-corrected chi connectivity index (χ3v) is 2.34. The molecule has 0 saturated carbocycles. The van der Waals surface area contributed by atoms with E-state index < -0.39 is 30.5 Å². The molecule has 4 heteroatoms. The van der Waals surface area contributed by atoms with Gasteiger partial charge in [0, 0.05) is 0 Å². The van der Waals surface area contributed by atoms with Crippen LogP contribution < -0.4 is 0 Å². The summed E-state index contributed by atoms with van der Waals surface area (Å²) in [7, 11) is 0. The summed E-state index contributed by atoms with van der Waals surface area (Å²) in [4.78, 5) is 0. The van der Waals surface area contributed by atoms with Crippen LogP contribution in [0, 0.1) is 0 Å². The summed E-state index contributed by atoms with van der Waals surface area (Å²) >= 11 is 0. The Bertz CT molecular complexity index is 204. The topological polar surface area (TPSA) is 69.9 Å². The molecule has 0 aliphatic carbocycles. The molecule has 4 nitrogen and oxygen atoms in total. The van der Waals surface area contributed by atoms with Gasteiger partial charge in [0.15, 0.2) is 0 Å². The molecule has 0 bridgehead atoms. The van der Waals surface area contributed by atoms with Gasteiger partial charge < -0.3 is 20.1 Å². The molecule has 5 unspecified atom stereocenters. The van der Waals surface area contributed by atoms with Crippen LogP contribution in [0.25, 0.3) is 0 Å². The van der Waals surface area contributed by atoms with Crippen LogP contribution in [0.2, 0.25) is 0 Å². The fraction of sp³-hybridized carbons (Fsp3) is 0.778. The van der Waals surface area contributed by atoms with Crippen LogP contribution in [0.4, 0.5) is 0 Å². The Kier molecular flexibility index (Phi) is 3.08. The zero-order chi connectivity index (χ0) is 10.2. The number of aliphatic hydroxyl groups excluding tert-OH is 3. The lowest BCUT2D eigenvalue weighted by Crippen LogP contribution is -2.56. The van der Waals surface area contributed by atoms with E-state index in [1.165, 1.54) is 0 Å². The molecule has 76 valence electrons. The molecule has 0 aromatic carbocycles. The van der Waals surface area contributed by atoms with Gasteiger partial charge in [0.25, 0.3) is 0 Å². The van der Waals surface area contributed by atoms with Gasteiger partial charge in [-0.25, -0.2) is 0 Å².